The van der Waals surface area contributed by atoms with Gasteiger partial charge in [-0.1, -0.05) is 29.8 Å². The summed E-state index contributed by atoms with van der Waals surface area (Å²) in [6, 6.07) is 15.8. The van der Waals surface area contributed by atoms with Crippen molar-refractivity contribution in [2.24, 2.45) is 0 Å². The van der Waals surface area contributed by atoms with Crippen molar-refractivity contribution in [2.75, 3.05) is 13.2 Å². The van der Waals surface area contributed by atoms with Gasteiger partial charge in [0.15, 0.2) is 11.1 Å². The van der Waals surface area contributed by atoms with Crippen LogP contribution in [0.1, 0.15) is 11.1 Å². The van der Waals surface area contributed by atoms with Crippen LogP contribution in [0.4, 0.5) is 0 Å². The second-order valence-electron chi connectivity index (χ2n) is 5.23. The molecule has 0 aromatic heterocycles. The fourth-order valence-corrected chi connectivity index (χ4v) is 3.72. The summed E-state index contributed by atoms with van der Waals surface area (Å²) in [5, 5.41) is 0.580. The Hall–Kier alpha value is -1.14. The Kier molecular flexibility index (Phi) is 5.31. The van der Waals surface area contributed by atoms with E-state index in [0.29, 0.717) is 16.8 Å². The van der Waals surface area contributed by atoms with Crippen LogP contribution in [0.5, 0.6) is 0 Å². The minimum absolute atomic E-state index is 0.345. The predicted octanol–water partition coefficient (Wildman–Crippen LogP) is 3.73. The van der Waals surface area contributed by atoms with E-state index in [2.05, 4.69) is 12.1 Å². The second-order valence-corrected chi connectivity index (χ2v) is 7.78. The molecule has 3 rings (SSSR count). The first kappa shape index (κ1) is 15.7. The van der Waals surface area contributed by atoms with Crippen molar-refractivity contribution in [3.8, 4) is 0 Å². The van der Waals surface area contributed by atoms with Crippen LogP contribution in [0.15, 0.2) is 58.3 Å². The van der Waals surface area contributed by atoms with Crippen LogP contribution in [0.2, 0.25) is 0 Å². The molecule has 1 aliphatic heterocycles. The first-order chi connectivity index (χ1) is 10.7. The lowest BCUT2D eigenvalue weighted by molar-refractivity contribution is 0.0455. The molecule has 116 valence electrons. The molecular formula is C17H18O3S2. The molecule has 1 unspecified atom stereocenters. The standard InChI is InChI=1S/C17H18O3S2/c1-13-2-8-17(9-3-13)22(18)20-10-14-4-6-15(7-5-14)21-16-11-19-12-16/h2-9,16H,10-12H2,1H3. The van der Waals surface area contributed by atoms with Crippen molar-refractivity contribution in [1.82, 2.24) is 0 Å². The van der Waals surface area contributed by atoms with Gasteiger partial charge in [-0.05, 0) is 36.8 Å². The molecule has 1 atom stereocenters. The zero-order chi connectivity index (χ0) is 15.4. The Labute approximate surface area is 137 Å². The number of ether oxygens (including phenoxy) is 1. The van der Waals surface area contributed by atoms with Crippen molar-refractivity contribution in [3.63, 3.8) is 0 Å². The Morgan fingerprint density at radius 1 is 1.14 bits per heavy atom. The number of hydrogen-bond acceptors (Lipinski definition) is 4. The fourth-order valence-electron chi connectivity index (χ4n) is 1.98. The van der Waals surface area contributed by atoms with Gasteiger partial charge in [0.05, 0.1) is 30.0 Å². The Morgan fingerprint density at radius 2 is 1.82 bits per heavy atom. The highest BCUT2D eigenvalue weighted by Gasteiger charge is 2.19. The molecule has 0 saturated carbocycles. The third-order valence-electron chi connectivity index (χ3n) is 3.38. The van der Waals surface area contributed by atoms with Crippen LogP contribution in [0, 0.1) is 6.92 Å². The molecule has 1 aliphatic rings. The average molecular weight is 334 g/mol. The number of benzene rings is 2. The van der Waals surface area contributed by atoms with Gasteiger partial charge in [-0.3, -0.25) is 4.18 Å². The molecule has 0 N–H and O–H groups in total. The number of aryl methyl sites for hydroxylation is 1. The van der Waals surface area contributed by atoms with Crippen molar-refractivity contribution in [1.29, 1.82) is 0 Å². The highest BCUT2D eigenvalue weighted by atomic mass is 32.2. The lowest BCUT2D eigenvalue weighted by atomic mass is 10.2. The van der Waals surface area contributed by atoms with Crippen LogP contribution in [-0.4, -0.2) is 22.7 Å². The molecular weight excluding hydrogens is 316 g/mol. The first-order valence-electron chi connectivity index (χ1n) is 7.16. The van der Waals surface area contributed by atoms with Crippen LogP contribution in [0.25, 0.3) is 0 Å². The van der Waals surface area contributed by atoms with Crippen molar-refractivity contribution >= 4 is 22.8 Å². The summed E-state index contributed by atoms with van der Waals surface area (Å²) in [6.07, 6.45) is 0. The quantitative estimate of drug-likeness (QED) is 0.806. The zero-order valence-corrected chi connectivity index (χ0v) is 14.0. The second kappa shape index (κ2) is 7.42. The lowest BCUT2D eigenvalue weighted by Gasteiger charge is -2.25. The predicted molar refractivity (Wildman–Crippen MR) is 89.3 cm³/mol. The monoisotopic (exact) mass is 334 g/mol. The Balaban J connectivity index is 1.52. The molecule has 3 nitrogen and oxygen atoms in total. The minimum Gasteiger partial charge on any atom is -0.379 e. The zero-order valence-electron chi connectivity index (χ0n) is 12.4. The van der Waals surface area contributed by atoms with Crippen LogP contribution in [-0.2, 0) is 26.6 Å². The van der Waals surface area contributed by atoms with E-state index >= 15 is 0 Å². The summed E-state index contributed by atoms with van der Waals surface area (Å²) in [7, 11) is 0. The highest BCUT2D eigenvalue weighted by Crippen LogP contribution is 2.28. The van der Waals surface area contributed by atoms with E-state index in [9.17, 15) is 4.21 Å². The van der Waals surface area contributed by atoms with Gasteiger partial charge in [0.2, 0.25) is 0 Å². The van der Waals surface area contributed by atoms with Crippen molar-refractivity contribution in [3.05, 3.63) is 59.7 Å². The van der Waals surface area contributed by atoms with Gasteiger partial charge in [0.1, 0.15) is 0 Å². The first-order valence-corrected chi connectivity index (χ1v) is 9.11. The molecule has 1 saturated heterocycles. The molecule has 1 fully saturated rings. The van der Waals surface area contributed by atoms with Crippen LogP contribution < -0.4 is 0 Å². The van der Waals surface area contributed by atoms with E-state index < -0.39 is 11.1 Å². The van der Waals surface area contributed by atoms with Crippen molar-refractivity contribution < 1.29 is 13.1 Å². The van der Waals surface area contributed by atoms with Gasteiger partial charge in [-0.2, -0.15) is 0 Å². The van der Waals surface area contributed by atoms with Gasteiger partial charge in [0.25, 0.3) is 0 Å². The summed E-state index contributed by atoms with van der Waals surface area (Å²) >= 11 is 0.415. The maximum Gasteiger partial charge on any atom is 0.189 e. The van der Waals surface area contributed by atoms with Crippen LogP contribution in [0.3, 0.4) is 0 Å². The topological polar surface area (TPSA) is 35.5 Å². The van der Waals surface area contributed by atoms with Crippen molar-refractivity contribution in [2.45, 2.75) is 28.6 Å². The third kappa shape index (κ3) is 4.20. The van der Waals surface area contributed by atoms with E-state index in [0.717, 1.165) is 24.3 Å². The molecule has 0 bridgehead atoms. The molecule has 0 aliphatic carbocycles. The number of hydrogen-bond donors (Lipinski definition) is 0. The smallest absolute Gasteiger partial charge is 0.189 e. The van der Waals surface area contributed by atoms with Gasteiger partial charge in [0, 0.05) is 4.90 Å². The molecule has 1 heterocycles. The summed E-state index contributed by atoms with van der Waals surface area (Å²) < 4.78 is 22.7. The number of thioether (sulfide) groups is 1. The normalized spacial score (nSPS) is 16.2. The molecule has 2 aromatic carbocycles. The van der Waals surface area contributed by atoms with Gasteiger partial charge >= 0.3 is 0 Å². The summed E-state index contributed by atoms with van der Waals surface area (Å²) in [5.41, 5.74) is 2.17. The lowest BCUT2D eigenvalue weighted by Crippen LogP contribution is -2.29. The fraction of sp³-hybridized carbons (Fsp3) is 0.294. The SMILES string of the molecule is Cc1ccc(S(=O)OCc2ccc(SC3COC3)cc2)cc1. The molecule has 22 heavy (non-hydrogen) atoms. The highest BCUT2D eigenvalue weighted by molar-refractivity contribution is 8.00. The minimum atomic E-state index is -1.42. The largest absolute Gasteiger partial charge is 0.379 e. The Morgan fingerprint density at radius 3 is 2.41 bits per heavy atom. The molecule has 5 heteroatoms. The van der Waals surface area contributed by atoms with Gasteiger partial charge in [-0.25, -0.2) is 4.21 Å². The summed E-state index contributed by atoms with van der Waals surface area (Å²) in [5.74, 6) is 0. The van der Waals surface area contributed by atoms with Gasteiger partial charge in [-0.15, -0.1) is 11.8 Å². The average Bonchev–Trinajstić information content (AvgIpc) is 2.50. The molecule has 2 aromatic rings. The summed E-state index contributed by atoms with van der Waals surface area (Å²) in [6.45, 7) is 4.02. The Bertz CT molecular complexity index is 634. The van der Waals surface area contributed by atoms with E-state index in [4.69, 9.17) is 8.92 Å². The maximum atomic E-state index is 12.1. The molecule has 0 amide bonds. The molecule has 0 spiro atoms. The molecule has 0 radical (unpaired) electrons. The van der Waals surface area contributed by atoms with Gasteiger partial charge < -0.3 is 4.74 Å². The third-order valence-corrected chi connectivity index (χ3v) is 5.52. The number of rotatable bonds is 6. The van der Waals surface area contributed by atoms with E-state index in [1.54, 1.807) is 0 Å². The van der Waals surface area contributed by atoms with E-state index in [1.807, 2.05) is 55.1 Å². The van der Waals surface area contributed by atoms with Crippen LogP contribution >= 0.6 is 11.8 Å². The van der Waals surface area contributed by atoms with E-state index in [1.165, 1.54) is 4.90 Å². The maximum absolute atomic E-state index is 12.1. The van der Waals surface area contributed by atoms with E-state index in [-0.39, 0.29) is 0 Å². The summed E-state index contributed by atoms with van der Waals surface area (Å²) in [4.78, 5) is 1.93.